The molecule has 1 N–H and O–H groups in total. The summed E-state index contributed by atoms with van der Waals surface area (Å²) in [6.45, 7) is 5.88. The maximum Gasteiger partial charge on any atom is 0.213 e. The Labute approximate surface area is 117 Å². The van der Waals surface area contributed by atoms with Gasteiger partial charge in [0.1, 0.15) is 5.75 Å². The van der Waals surface area contributed by atoms with Gasteiger partial charge in [-0.15, -0.1) is 0 Å². The first-order chi connectivity index (χ1) is 8.95. The minimum Gasteiger partial charge on any atom is -0.496 e. The maximum absolute atomic E-state index is 12.6. The van der Waals surface area contributed by atoms with Crippen LogP contribution in [0.3, 0.4) is 0 Å². The number of aromatic amines is 1. The quantitative estimate of drug-likeness (QED) is 0.866. The molecule has 1 aromatic heterocycles. The zero-order valence-electron chi connectivity index (χ0n) is 11.4. The Hall–Kier alpha value is -1.74. The lowest BCUT2D eigenvalue weighted by Crippen LogP contribution is -2.06. The standard InChI is InChI=1S/C15H16ClNO2/c1-8-9(2)14(17-10(8)3)15(18)12-7-11(16)5-6-13(12)19-4/h5-7,17H,1-4H3. The van der Waals surface area contributed by atoms with Gasteiger partial charge in [0, 0.05) is 10.7 Å². The van der Waals surface area contributed by atoms with E-state index >= 15 is 0 Å². The van der Waals surface area contributed by atoms with Crippen LogP contribution in [-0.4, -0.2) is 17.9 Å². The van der Waals surface area contributed by atoms with Crippen LogP contribution in [0.2, 0.25) is 5.02 Å². The lowest BCUT2D eigenvalue weighted by atomic mass is 10.0. The van der Waals surface area contributed by atoms with E-state index in [4.69, 9.17) is 16.3 Å². The van der Waals surface area contributed by atoms with E-state index in [1.165, 1.54) is 7.11 Å². The van der Waals surface area contributed by atoms with Crippen LogP contribution in [0.15, 0.2) is 18.2 Å². The minimum absolute atomic E-state index is 0.104. The summed E-state index contributed by atoms with van der Waals surface area (Å²) in [4.78, 5) is 15.7. The highest BCUT2D eigenvalue weighted by Gasteiger charge is 2.20. The number of ketones is 1. The van der Waals surface area contributed by atoms with Gasteiger partial charge in [0.2, 0.25) is 5.78 Å². The Bertz CT molecular complexity index is 644. The highest BCUT2D eigenvalue weighted by atomic mass is 35.5. The van der Waals surface area contributed by atoms with Crippen LogP contribution in [0.4, 0.5) is 0 Å². The predicted octanol–water partition coefficient (Wildman–Crippen LogP) is 3.83. The zero-order chi connectivity index (χ0) is 14.2. The topological polar surface area (TPSA) is 42.1 Å². The first-order valence-electron chi connectivity index (χ1n) is 5.99. The average molecular weight is 278 g/mol. The molecule has 0 aliphatic heterocycles. The second-order valence-corrected chi connectivity index (χ2v) is 4.99. The van der Waals surface area contributed by atoms with Crippen molar-refractivity contribution < 1.29 is 9.53 Å². The SMILES string of the molecule is COc1ccc(Cl)cc1C(=O)c1[nH]c(C)c(C)c1C. The van der Waals surface area contributed by atoms with Crippen LogP contribution in [0, 0.1) is 20.8 Å². The van der Waals surface area contributed by atoms with E-state index in [0.29, 0.717) is 22.0 Å². The van der Waals surface area contributed by atoms with Gasteiger partial charge >= 0.3 is 0 Å². The van der Waals surface area contributed by atoms with Gasteiger partial charge in [0.25, 0.3) is 0 Å². The highest BCUT2D eigenvalue weighted by molar-refractivity contribution is 6.31. The smallest absolute Gasteiger partial charge is 0.213 e. The number of hydrogen-bond donors (Lipinski definition) is 1. The normalized spacial score (nSPS) is 10.6. The fourth-order valence-corrected chi connectivity index (χ4v) is 2.24. The fourth-order valence-electron chi connectivity index (χ4n) is 2.06. The molecule has 0 aliphatic carbocycles. The number of halogens is 1. The van der Waals surface area contributed by atoms with E-state index in [1.54, 1.807) is 18.2 Å². The summed E-state index contributed by atoms with van der Waals surface area (Å²) in [7, 11) is 1.54. The summed E-state index contributed by atoms with van der Waals surface area (Å²) in [5.74, 6) is 0.423. The van der Waals surface area contributed by atoms with E-state index in [9.17, 15) is 4.79 Å². The molecule has 4 heteroatoms. The van der Waals surface area contributed by atoms with Gasteiger partial charge in [-0.05, 0) is 50.1 Å². The predicted molar refractivity (Wildman–Crippen MR) is 76.4 cm³/mol. The van der Waals surface area contributed by atoms with Gasteiger partial charge in [-0.3, -0.25) is 4.79 Å². The molecule has 0 spiro atoms. The summed E-state index contributed by atoms with van der Waals surface area (Å²) in [5, 5.41) is 0.516. The summed E-state index contributed by atoms with van der Waals surface area (Å²) in [6.07, 6.45) is 0. The lowest BCUT2D eigenvalue weighted by molar-refractivity contribution is 0.103. The van der Waals surface area contributed by atoms with Gasteiger partial charge in [-0.2, -0.15) is 0 Å². The monoisotopic (exact) mass is 277 g/mol. The Morgan fingerprint density at radius 1 is 1.21 bits per heavy atom. The van der Waals surface area contributed by atoms with E-state index < -0.39 is 0 Å². The molecular weight excluding hydrogens is 262 g/mol. The van der Waals surface area contributed by atoms with E-state index in [1.807, 2.05) is 20.8 Å². The van der Waals surface area contributed by atoms with Crippen LogP contribution in [0.25, 0.3) is 0 Å². The van der Waals surface area contributed by atoms with E-state index in [0.717, 1.165) is 16.8 Å². The maximum atomic E-state index is 12.6. The van der Waals surface area contributed by atoms with E-state index in [2.05, 4.69) is 4.98 Å². The summed E-state index contributed by atoms with van der Waals surface area (Å²) in [5.41, 5.74) is 4.13. The Morgan fingerprint density at radius 2 is 1.89 bits per heavy atom. The van der Waals surface area contributed by atoms with Crippen molar-refractivity contribution in [1.82, 2.24) is 4.98 Å². The summed E-state index contributed by atoms with van der Waals surface area (Å²) >= 11 is 5.96. The molecule has 0 amide bonds. The number of H-pyrrole nitrogens is 1. The first-order valence-corrected chi connectivity index (χ1v) is 6.37. The Kier molecular flexibility index (Phi) is 3.67. The number of rotatable bonds is 3. The number of aryl methyl sites for hydroxylation is 1. The number of benzene rings is 1. The lowest BCUT2D eigenvalue weighted by Gasteiger charge is -2.08. The molecule has 1 heterocycles. The molecule has 100 valence electrons. The van der Waals surface area contributed by atoms with Crippen molar-refractivity contribution in [1.29, 1.82) is 0 Å². The van der Waals surface area contributed by atoms with Crippen molar-refractivity contribution in [3.63, 3.8) is 0 Å². The summed E-state index contributed by atoms with van der Waals surface area (Å²) in [6, 6.07) is 5.04. The molecule has 0 aliphatic rings. The summed E-state index contributed by atoms with van der Waals surface area (Å²) < 4.78 is 5.23. The van der Waals surface area contributed by atoms with Crippen molar-refractivity contribution in [2.75, 3.05) is 7.11 Å². The van der Waals surface area contributed by atoms with E-state index in [-0.39, 0.29) is 5.78 Å². The number of carbonyl (C=O) groups is 1. The molecule has 2 aromatic rings. The Morgan fingerprint density at radius 3 is 2.42 bits per heavy atom. The number of methoxy groups -OCH3 is 1. The number of carbonyl (C=O) groups excluding carboxylic acids is 1. The molecule has 0 unspecified atom stereocenters. The fraction of sp³-hybridized carbons (Fsp3) is 0.267. The molecule has 19 heavy (non-hydrogen) atoms. The van der Waals surface area contributed by atoms with Crippen molar-refractivity contribution in [3.8, 4) is 5.75 Å². The second kappa shape index (κ2) is 5.10. The number of hydrogen-bond acceptors (Lipinski definition) is 2. The average Bonchev–Trinajstić information content (AvgIpc) is 2.65. The molecule has 0 atom stereocenters. The zero-order valence-corrected chi connectivity index (χ0v) is 12.2. The third-order valence-electron chi connectivity index (χ3n) is 3.45. The number of nitrogens with one attached hydrogen (secondary N) is 1. The molecule has 0 bridgehead atoms. The van der Waals surface area contributed by atoms with Gasteiger partial charge in [0.05, 0.1) is 18.4 Å². The molecule has 2 rings (SSSR count). The Balaban J connectivity index is 2.55. The highest BCUT2D eigenvalue weighted by Crippen LogP contribution is 2.27. The molecule has 0 fully saturated rings. The second-order valence-electron chi connectivity index (χ2n) is 4.55. The molecular formula is C15H16ClNO2. The van der Waals surface area contributed by atoms with Crippen molar-refractivity contribution in [2.45, 2.75) is 20.8 Å². The van der Waals surface area contributed by atoms with Gasteiger partial charge in [-0.1, -0.05) is 11.6 Å². The molecule has 1 aromatic carbocycles. The van der Waals surface area contributed by atoms with Crippen molar-refractivity contribution in [3.05, 3.63) is 51.3 Å². The van der Waals surface area contributed by atoms with Crippen LogP contribution < -0.4 is 4.74 Å². The molecule has 3 nitrogen and oxygen atoms in total. The van der Waals surface area contributed by atoms with Crippen molar-refractivity contribution in [2.24, 2.45) is 0 Å². The third-order valence-corrected chi connectivity index (χ3v) is 3.68. The van der Waals surface area contributed by atoms with Crippen LogP contribution in [0.1, 0.15) is 32.9 Å². The number of aromatic nitrogens is 1. The van der Waals surface area contributed by atoms with Crippen molar-refractivity contribution >= 4 is 17.4 Å². The van der Waals surface area contributed by atoms with Crippen LogP contribution in [-0.2, 0) is 0 Å². The molecule has 0 radical (unpaired) electrons. The third kappa shape index (κ3) is 2.38. The van der Waals surface area contributed by atoms with Gasteiger partial charge in [-0.25, -0.2) is 0 Å². The van der Waals surface area contributed by atoms with Gasteiger partial charge in [0.15, 0.2) is 0 Å². The van der Waals surface area contributed by atoms with Crippen LogP contribution >= 0.6 is 11.6 Å². The molecule has 0 saturated carbocycles. The largest absolute Gasteiger partial charge is 0.496 e. The first kappa shape index (κ1) is 13.7. The van der Waals surface area contributed by atoms with Gasteiger partial charge < -0.3 is 9.72 Å². The minimum atomic E-state index is -0.104. The number of ether oxygens (including phenoxy) is 1. The van der Waals surface area contributed by atoms with Crippen LogP contribution in [0.5, 0.6) is 5.75 Å². The molecule has 0 saturated heterocycles.